The molecule has 0 aliphatic heterocycles. The molecule has 0 saturated heterocycles. The molecule has 0 heterocycles. The van der Waals surface area contributed by atoms with Gasteiger partial charge in [-0.3, -0.25) is 14.4 Å². The summed E-state index contributed by atoms with van der Waals surface area (Å²) in [5.74, 6) is -2.05. The van der Waals surface area contributed by atoms with Gasteiger partial charge in [0, 0.05) is 7.05 Å². The number of benzene rings is 2. The summed E-state index contributed by atoms with van der Waals surface area (Å²) in [6, 6.07) is 11.2. The van der Waals surface area contributed by atoms with Crippen LogP contribution in [0.2, 0.25) is 0 Å². The summed E-state index contributed by atoms with van der Waals surface area (Å²) in [4.78, 5) is 35.5. The molecule has 1 N–H and O–H groups in total. The summed E-state index contributed by atoms with van der Waals surface area (Å²) in [5.41, 5.74) is 0.763. The van der Waals surface area contributed by atoms with Gasteiger partial charge >= 0.3 is 11.9 Å². The highest BCUT2D eigenvalue weighted by molar-refractivity contribution is 5.88. The quantitative estimate of drug-likeness (QED) is 0.761. The second-order valence-electron chi connectivity index (χ2n) is 5.95. The van der Waals surface area contributed by atoms with Crippen LogP contribution in [0.25, 0.3) is 10.8 Å². The monoisotopic (exact) mass is 359 g/mol. The molecular formula is C19H21NO6. The van der Waals surface area contributed by atoms with Crippen molar-refractivity contribution in [3.8, 4) is 5.75 Å². The molecule has 2 rings (SSSR count). The largest absolute Gasteiger partial charge is 0.497 e. The number of hydrogen-bond donors (Lipinski definition) is 1. The van der Waals surface area contributed by atoms with Gasteiger partial charge in [-0.2, -0.15) is 0 Å². The Bertz CT molecular complexity index is 832. The van der Waals surface area contributed by atoms with Crippen LogP contribution in [-0.4, -0.2) is 55.2 Å². The summed E-state index contributed by atoms with van der Waals surface area (Å²) in [6.45, 7) is 0.760. The van der Waals surface area contributed by atoms with Crippen LogP contribution in [0, 0.1) is 0 Å². The van der Waals surface area contributed by atoms with Gasteiger partial charge in [0.2, 0.25) is 0 Å². The third-order valence-corrected chi connectivity index (χ3v) is 4.06. The van der Waals surface area contributed by atoms with Gasteiger partial charge in [0.15, 0.2) is 6.61 Å². The molecule has 0 spiro atoms. The highest BCUT2D eigenvalue weighted by Crippen LogP contribution is 2.25. The molecule has 26 heavy (non-hydrogen) atoms. The zero-order valence-corrected chi connectivity index (χ0v) is 14.9. The minimum atomic E-state index is -1.13. The van der Waals surface area contributed by atoms with Crippen LogP contribution in [0.1, 0.15) is 18.4 Å². The molecule has 0 unspecified atom stereocenters. The smallest absolute Gasteiger partial charge is 0.323 e. The first-order valence-electron chi connectivity index (χ1n) is 8.02. The summed E-state index contributed by atoms with van der Waals surface area (Å²) < 4.78 is 10.2. The van der Waals surface area contributed by atoms with Gasteiger partial charge in [-0.25, -0.2) is 0 Å². The molecule has 0 aromatic heterocycles. The van der Waals surface area contributed by atoms with Gasteiger partial charge in [0.25, 0.3) is 5.91 Å². The van der Waals surface area contributed by atoms with E-state index in [2.05, 4.69) is 0 Å². The number of carbonyl (C=O) groups is 3. The average molecular weight is 359 g/mol. The molecule has 0 radical (unpaired) electrons. The SMILES string of the molecule is COc1ccc2cc([C@H](C)C(=O)OCC(=O)N(C)CC(=O)O)ccc2c1. The number of carboxylic acids is 1. The van der Waals surface area contributed by atoms with E-state index in [4.69, 9.17) is 14.6 Å². The van der Waals surface area contributed by atoms with E-state index in [0.717, 1.165) is 27.0 Å². The van der Waals surface area contributed by atoms with E-state index < -0.39 is 36.9 Å². The van der Waals surface area contributed by atoms with Crippen LogP contribution < -0.4 is 4.74 Å². The Morgan fingerprint density at radius 2 is 1.77 bits per heavy atom. The van der Waals surface area contributed by atoms with Crippen molar-refractivity contribution in [1.29, 1.82) is 0 Å². The van der Waals surface area contributed by atoms with Crippen LogP contribution in [0.3, 0.4) is 0 Å². The van der Waals surface area contributed by atoms with Crippen molar-refractivity contribution in [3.63, 3.8) is 0 Å². The fourth-order valence-electron chi connectivity index (χ4n) is 2.43. The maximum absolute atomic E-state index is 12.2. The lowest BCUT2D eigenvalue weighted by atomic mass is 9.98. The molecule has 7 nitrogen and oxygen atoms in total. The highest BCUT2D eigenvalue weighted by atomic mass is 16.5. The molecule has 0 aliphatic carbocycles. The van der Waals surface area contributed by atoms with Crippen LogP contribution in [0.4, 0.5) is 0 Å². The number of ether oxygens (including phenoxy) is 2. The predicted molar refractivity (Wildman–Crippen MR) is 95.1 cm³/mol. The van der Waals surface area contributed by atoms with E-state index in [1.807, 2.05) is 36.4 Å². The first kappa shape index (κ1) is 19.2. The first-order valence-corrected chi connectivity index (χ1v) is 8.02. The van der Waals surface area contributed by atoms with E-state index in [0.29, 0.717) is 0 Å². The predicted octanol–water partition coefficient (Wildman–Crippen LogP) is 2.04. The summed E-state index contributed by atoms with van der Waals surface area (Å²) in [6.07, 6.45) is 0. The van der Waals surface area contributed by atoms with Gasteiger partial charge in [-0.05, 0) is 35.4 Å². The number of esters is 1. The lowest BCUT2D eigenvalue weighted by Crippen LogP contribution is -2.35. The van der Waals surface area contributed by atoms with Crippen molar-refractivity contribution >= 4 is 28.6 Å². The van der Waals surface area contributed by atoms with Gasteiger partial charge in [-0.1, -0.05) is 24.3 Å². The Balaban J connectivity index is 2.02. The summed E-state index contributed by atoms with van der Waals surface area (Å²) in [5, 5.41) is 10.6. The number of carboxylic acid groups (broad SMARTS) is 1. The molecule has 0 bridgehead atoms. The van der Waals surface area contributed by atoms with Gasteiger partial charge in [0.05, 0.1) is 13.0 Å². The Morgan fingerprint density at radius 3 is 2.42 bits per heavy atom. The maximum atomic E-state index is 12.2. The van der Waals surface area contributed by atoms with Gasteiger partial charge < -0.3 is 19.5 Å². The lowest BCUT2D eigenvalue weighted by Gasteiger charge is -2.16. The number of hydrogen-bond acceptors (Lipinski definition) is 5. The van der Waals surface area contributed by atoms with Crippen molar-refractivity contribution in [3.05, 3.63) is 42.0 Å². The third kappa shape index (κ3) is 4.72. The zero-order chi connectivity index (χ0) is 19.3. The molecular weight excluding hydrogens is 338 g/mol. The highest BCUT2D eigenvalue weighted by Gasteiger charge is 2.20. The number of carbonyl (C=O) groups excluding carboxylic acids is 2. The van der Waals surface area contributed by atoms with Gasteiger partial charge in [-0.15, -0.1) is 0 Å². The third-order valence-electron chi connectivity index (χ3n) is 4.06. The molecule has 7 heteroatoms. The molecule has 0 aliphatic rings. The molecule has 0 saturated carbocycles. The molecule has 0 fully saturated rings. The van der Waals surface area contributed by atoms with Crippen LogP contribution >= 0.6 is 0 Å². The van der Waals surface area contributed by atoms with Crippen molar-refractivity contribution in [1.82, 2.24) is 4.90 Å². The van der Waals surface area contributed by atoms with E-state index >= 15 is 0 Å². The van der Waals surface area contributed by atoms with Crippen LogP contribution in [-0.2, 0) is 19.1 Å². The van der Waals surface area contributed by atoms with E-state index in [1.165, 1.54) is 7.05 Å². The Kier molecular flexibility index (Phi) is 6.16. The topological polar surface area (TPSA) is 93.1 Å². The van der Waals surface area contributed by atoms with E-state index in [1.54, 1.807) is 14.0 Å². The maximum Gasteiger partial charge on any atom is 0.323 e. The Hall–Kier alpha value is -3.09. The number of aliphatic carboxylic acids is 1. The van der Waals surface area contributed by atoms with Gasteiger partial charge in [0.1, 0.15) is 12.3 Å². The fraction of sp³-hybridized carbons (Fsp3) is 0.316. The number of rotatable bonds is 7. The first-order chi connectivity index (χ1) is 12.3. The second kappa shape index (κ2) is 8.33. The number of methoxy groups -OCH3 is 1. The Labute approximate surface area is 151 Å². The standard InChI is InChI=1S/C19H21NO6/c1-12(19(24)26-11-17(21)20(2)10-18(22)23)13-4-5-15-9-16(25-3)7-6-14(15)8-13/h4-9,12H,10-11H2,1-3H3,(H,22,23)/t12-/m0/s1. The molecule has 2 aromatic rings. The fourth-order valence-corrected chi connectivity index (χ4v) is 2.43. The number of likely N-dealkylation sites (N-methyl/N-ethyl adjacent to an activating group) is 1. The molecule has 1 atom stereocenters. The average Bonchev–Trinajstić information content (AvgIpc) is 2.63. The van der Waals surface area contributed by atoms with Crippen LogP contribution in [0.15, 0.2) is 36.4 Å². The summed E-state index contributed by atoms with van der Waals surface area (Å²) in [7, 11) is 2.94. The second-order valence-corrected chi connectivity index (χ2v) is 5.95. The number of fused-ring (bicyclic) bond motifs is 1. The zero-order valence-electron chi connectivity index (χ0n) is 14.9. The molecule has 1 amide bonds. The van der Waals surface area contributed by atoms with E-state index in [-0.39, 0.29) is 0 Å². The normalized spacial score (nSPS) is 11.7. The number of amides is 1. The lowest BCUT2D eigenvalue weighted by molar-refractivity contribution is -0.153. The van der Waals surface area contributed by atoms with Crippen molar-refractivity contribution < 1.29 is 29.0 Å². The minimum absolute atomic E-state index is 0.444. The van der Waals surface area contributed by atoms with Crippen molar-refractivity contribution in [2.45, 2.75) is 12.8 Å². The van der Waals surface area contributed by atoms with Crippen LogP contribution in [0.5, 0.6) is 5.75 Å². The minimum Gasteiger partial charge on any atom is -0.497 e. The molecule has 2 aromatic carbocycles. The number of nitrogens with zero attached hydrogens (tertiary/aromatic N) is 1. The van der Waals surface area contributed by atoms with E-state index in [9.17, 15) is 14.4 Å². The molecule has 138 valence electrons. The van der Waals surface area contributed by atoms with Crippen molar-refractivity contribution in [2.75, 3.05) is 27.3 Å². The summed E-state index contributed by atoms with van der Waals surface area (Å²) >= 11 is 0. The van der Waals surface area contributed by atoms with Crippen molar-refractivity contribution in [2.24, 2.45) is 0 Å². The Morgan fingerprint density at radius 1 is 1.12 bits per heavy atom.